The van der Waals surface area contributed by atoms with Gasteiger partial charge >= 0.3 is 0 Å². The third-order valence-corrected chi connectivity index (χ3v) is 3.75. The molecule has 0 atom stereocenters. The minimum absolute atomic E-state index is 0.0789. The van der Waals surface area contributed by atoms with Crippen LogP contribution in [0.5, 0.6) is 0 Å². The number of benzene rings is 1. The molecule has 1 aromatic carbocycles. The second-order valence-corrected chi connectivity index (χ2v) is 5.28. The summed E-state index contributed by atoms with van der Waals surface area (Å²) in [5.41, 5.74) is 0.423. The lowest BCUT2D eigenvalue weighted by molar-refractivity contribution is -0.139. The standard InChI is InChI=1S/C16H21FN2O2/c1-2-5-15(20)18-8-10-19(11-9-18)16(21)12-13-6-3-4-7-14(13)17/h3-4,6-7H,2,5,8-12H2,1H3. The molecule has 2 amide bonds. The summed E-state index contributed by atoms with van der Waals surface area (Å²) in [4.78, 5) is 27.5. The summed E-state index contributed by atoms with van der Waals surface area (Å²) < 4.78 is 13.5. The van der Waals surface area contributed by atoms with Crippen molar-refractivity contribution in [3.05, 3.63) is 35.6 Å². The van der Waals surface area contributed by atoms with Gasteiger partial charge in [0.1, 0.15) is 5.82 Å². The molecular formula is C16H21FN2O2. The van der Waals surface area contributed by atoms with Crippen molar-refractivity contribution >= 4 is 11.8 Å². The zero-order valence-corrected chi connectivity index (χ0v) is 12.3. The van der Waals surface area contributed by atoms with E-state index in [9.17, 15) is 14.0 Å². The first-order chi connectivity index (χ1) is 10.1. The Kier molecular flexibility index (Phi) is 5.31. The average Bonchev–Trinajstić information content (AvgIpc) is 2.50. The number of carbonyl (C=O) groups is 2. The van der Waals surface area contributed by atoms with Crippen LogP contribution >= 0.6 is 0 Å². The topological polar surface area (TPSA) is 40.6 Å². The summed E-state index contributed by atoms with van der Waals surface area (Å²) in [5.74, 6) is -0.274. The van der Waals surface area contributed by atoms with Crippen molar-refractivity contribution in [1.82, 2.24) is 9.80 Å². The van der Waals surface area contributed by atoms with Crippen LogP contribution in [0.2, 0.25) is 0 Å². The SMILES string of the molecule is CCCC(=O)N1CCN(C(=O)Cc2ccccc2F)CC1. The van der Waals surface area contributed by atoms with Crippen LogP contribution in [0.4, 0.5) is 4.39 Å². The maximum absolute atomic E-state index is 13.5. The number of halogens is 1. The molecule has 0 bridgehead atoms. The summed E-state index contributed by atoms with van der Waals surface area (Å²) in [6.07, 6.45) is 1.48. The first-order valence-corrected chi connectivity index (χ1v) is 7.40. The van der Waals surface area contributed by atoms with Gasteiger partial charge in [0, 0.05) is 32.6 Å². The monoisotopic (exact) mass is 292 g/mol. The van der Waals surface area contributed by atoms with E-state index in [0.29, 0.717) is 38.2 Å². The molecule has 0 N–H and O–H groups in total. The van der Waals surface area contributed by atoms with Crippen molar-refractivity contribution in [2.75, 3.05) is 26.2 Å². The van der Waals surface area contributed by atoms with Crippen LogP contribution < -0.4 is 0 Å². The minimum Gasteiger partial charge on any atom is -0.339 e. The molecule has 114 valence electrons. The van der Waals surface area contributed by atoms with Crippen molar-refractivity contribution in [3.8, 4) is 0 Å². The Labute approximate surface area is 124 Å². The van der Waals surface area contributed by atoms with Gasteiger partial charge in [0.25, 0.3) is 0 Å². The van der Waals surface area contributed by atoms with Crippen LogP contribution in [-0.4, -0.2) is 47.8 Å². The third kappa shape index (κ3) is 4.03. The lowest BCUT2D eigenvalue weighted by Crippen LogP contribution is -2.51. The Hall–Kier alpha value is -1.91. The molecule has 1 heterocycles. The fourth-order valence-electron chi connectivity index (χ4n) is 2.49. The quantitative estimate of drug-likeness (QED) is 0.849. The van der Waals surface area contributed by atoms with E-state index in [1.54, 1.807) is 28.0 Å². The normalized spacial score (nSPS) is 15.1. The molecule has 0 radical (unpaired) electrons. The van der Waals surface area contributed by atoms with Gasteiger partial charge in [-0.25, -0.2) is 4.39 Å². The first-order valence-electron chi connectivity index (χ1n) is 7.40. The van der Waals surface area contributed by atoms with E-state index in [0.717, 1.165) is 6.42 Å². The van der Waals surface area contributed by atoms with Gasteiger partial charge in [0.15, 0.2) is 0 Å². The van der Waals surface area contributed by atoms with Crippen molar-refractivity contribution in [2.45, 2.75) is 26.2 Å². The second-order valence-electron chi connectivity index (χ2n) is 5.28. The van der Waals surface area contributed by atoms with E-state index in [2.05, 4.69) is 0 Å². The van der Waals surface area contributed by atoms with Crippen LogP contribution in [0.25, 0.3) is 0 Å². The van der Waals surface area contributed by atoms with Crippen LogP contribution in [0.3, 0.4) is 0 Å². The van der Waals surface area contributed by atoms with Crippen molar-refractivity contribution in [1.29, 1.82) is 0 Å². The fourth-order valence-corrected chi connectivity index (χ4v) is 2.49. The Morgan fingerprint density at radius 1 is 1.05 bits per heavy atom. The Morgan fingerprint density at radius 2 is 1.62 bits per heavy atom. The number of amides is 2. The zero-order valence-electron chi connectivity index (χ0n) is 12.3. The highest BCUT2D eigenvalue weighted by atomic mass is 19.1. The summed E-state index contributed by atoms with van der Waals surface area (Å²) in [6, 6.07) is 6.34. The van der Waals surface area contributed by atoms with Crippen molar-refractivity contribution in [3.63, 3.8) is 0 Å². The maximum atomic E-state index is 13.5. The fraction of sp³-hybridized carbons (Fsp3) is 0.500. The van der Waals surface area contributed by atoms with Crippen LogP contribution in [0.15, 0.2) is 24.3 Å². The Balaban J connectivity index is 1.86. The highest BCUT2D eigenvalue weighted by molar-refractivity contribution is 5.80. The summed E-state index contributed by atoms with van der Waals surface area (Å²) >= 11 is 0. The van der Waals surface area contributed by atoms with Crippen molar-refractivity contribution in [2.24, 2.45) is 0 Å². The number of carbonyl (C=O) groups excluding carboxylic acids is 2. The van der Waals surface area contributed by atoms with Gasteiger partial charge < -0.3 is 9.80 Å². The van der Waals surface area contributed by atoms with Gasteiger partial charge in [-0.2, -0.15) is 0 Å². The molecule has 1 aliphatic heterocycles. The molecule has 4 nitrogen and oxygen atoms in total. The molecule has 1 aromatic rings. The largest absolute Gasteiger partial charge is 0.339 e. The lowest BCUT2D eigenvalue weighted by atomic mass is 10.1. The van der Waals surface area contributed by atoms with Gasteiger partial charge in [-0.3, -0.25) is 9.59 Å². The van der Waals surface area contributed by atoms with E-state index in [-0.39, 0.29) is 24.1 Å². The minimum atomic E-state index is -0.345. The van der Waals surface area contributed by atoms with Crippen LogP contribution in [0.1, 0.15) is 25.3 Å². The summed E-state index contributed by atoms with van der Waals surface area (Å²) in [7, 11) is 0. The lowest BCUT2D eigenvalue weighted by Gasteiger charge is -2.35. The van der Waals surface area contributed by atoms with Crippen LogP contribution in [-0.2, 0) is 16.0 Å². The van der Waals surface area contributed by atoms with Gasteiger partial charge in [-0.1, -0.05) is 25.1 Å². The van der Waals surface area contributed by atoms with Gasteiger partial charge in [0.05, 0.1) is 6.42 Å². The van der Waals surface area contributed by atoms with E-state index in [4.69, 9.17) is 0 Å². The molecule has 0 aliphatic carbocycles. The van der Waals surface area contributed by atoms with E-state index >= 15 is 0 Å². The maximum Gasteiger partial charge on any atom is 0.227 e. The van der Waals surface area contributed by atoms with Crippen molar-refractivity contribution < 1.29 is 14.0 Å². The third-order valence-electron chi connectivity index (χ3n) is 3.75. The molecule has 1 saturated heterocycles. The molecule has 5 heteroatoms. The molecule has 21 heavy (non-hydrogen) atoms. The summed E-state index contributed by atoms with van der Waals surface area (Å²) in [6.45, 7) is 4.18. The molecule has 0 spiro atoms. The van der Waals surface area contributed by atoms with E-state index in [1.807, 2.05) is 6.92 Å². The molecular weight excluding hydrogens is 271 g/mol. The molecule has 2 rings (SSSR count). The number of hydrogen-bond acceptors (Lipinski definition) is 2. The molecule has 0 unspecified atom stereocenters. The number of hydrogen-bond donors (Lipinski definition) is 0. The Morgan fingerprint density at radius 3 is 2.19 bits per heavy atom. The predicted molar refractivity (Wildman–Crippen MR) is 78.2 cm³/mol. The van der Waals surface area contributed by atoms with Gasteiger partial charge in [0.2, 0.25) is 11.8 Å². The molecule has 1 aliphatic rings. The van der Waals surface area contributed by atoms with Gasteiger partial charge in [-0.15, -0.1) is 0 Å². The molecule has 0 saturated carbocycles. The average molecular weight is 292 g/mol. The number of nitrogens with zero attached hydrogens (tertiary/aromatic N) is 2. The molecule has 1 fully saturated rings. The van der Waals surface area contributed by atoms with E-state index < -0.39 is 0 Å². The summed E-state index contributed by atoms with van der Waals surface area (Å²) in [5, 5.41) is 0. The van der Waals surface area contributed by atoms with E-state index in [1.165, 1.54) is 6.07 Å². The van der Waals surface area contributed by atoms with Gasteiger partial charge in [-0.05, 0) is 18.1 Å². The smallest absolute Gasteiger partial charge is 0.227 e. The number of piperazine rings is 1. The first kappa shape index (κ1) is 15.5. The zero-order chi connectivity index (χ0) is 15.2. The highest BCUT2D eigenvalue weighted by Gasteiger charge is 2.23. The number of rotatable bonds is 4. The highest BCUT2D eigenvalue weighted by Crippen LogP contribution is 2.11. The second kappa shape index (κ2) is 7.20. The molecule has 0 aromatic heterocycles. The van der Waals surface area contributed by atoms with Crippen LogP contribution in [0, 0.1) is 5.82 Å². The predicted octanol–water partition coefficient (Wildman–Crippen LogP) is 1.84. The Bertz CT molecular complexity index is 511.